The van der Waals surface area contributed by atoms with Crippen molar-refractivity contribution in [2.75, 3.05) is 13.2 Å². The molecule has 0 saturated carbocycles. The fourth-order valence-electron chi connectivity index (χ4n) is 9.53. The SMILES string of the molecule is CCCCCCC/C=C\C/C=C\CCCCCCCCCCCCCCCCCC(=O)OCC(COC(=O)CCCCCCCCCCCC)OC(=O)CCCCCCCCC/C=C\CCCCCCCC. The minimum atomic E-state index is -0.770. The number of esters is 3. The van der Waals surface area contributed by atoms with E-state index in [2.05, 4.69) is 57.2 Å². The molecule has 0 aliphatic rings. The highest BCUT2D eigenvalue weighted by Gasteiger charge is 2.19. The van der Waals surface area contributed by atoms with Crippen LogP contribution in [-0.4, -0.2) is 37.2 Å². The number of unbranched alkanes of at least 4 members (excludes halogenated alkanes) is 42. The van der Waals surface area contributed by atoms with Crippen LogP contribution in [0.3, 0.4) is 0 Å². The van der Waals surface area contributed by atoms with E-state index < -0.39 is 6.10 Å². The quantitative estimate of drug-likeness (QED) is 0.0261. The molecule has 0 rings (SSSR count). The second-order valence-electron chi connectivity index (χ2n) is 21.7. The van der Waals surface area contributed by atoms with Crippen molar-refractivity contribution in [2.45, 2.75) is 354 Å². The summed E-state index contributed by atoms with van der Waals surface area (Å²) in [5.41, 5.74) is 0. The van der Waals surface area contributed by atoms with E-state index in [0.717, 1.165) is 64.2 Å². The molecule has 0 heterocycles. The maximum Gasteiger partial charge on any atom is 0.306 e. The molecule has 0 aromatic heterocycles. The minimum absolute atomic E-state index is 0.0693. The maximum atomic E-state index is 12.9. The topological polar surface area (TPSA) is 78.9 Å². The average Bonchev–Trinajstić information content (AvgIpc) is 3.38. The normalized spacial score (nSPS) is 12.2. The van der Waals surface area contributed by atoms with Crippen LogP contribution >= 0.6 is 0 Å². The Bertz CT molecular complexity index is 1210. The number of carbonyl (C=O) groups is 3. The summed E-state index contributed by atoms with van der Waals surface area (Å²) in [5, 5.41) is 0. The minimum Gasteiger partial charge on any atom is -0.462 e. The van der Waals surface area contributed by atoms with Gasteiger partial charge in [0.05, 0.1) is 0 Å². The van der Waals surface area contributed by atoms with Crippen molar-refractivity contribution in [3.8, 4) is 0 Å². The van der Waals surface area contributed by atoms with Gasteiger partial charge in [0.2, 0.25) is 0 Å². The van der Waals surface area contributed by atoms with E-state index in [9.17, 15) is 14.4 Å². The van der Waals surface area contributed by atoms with E-state index in [4.69, 9.17) is 14.2 Å². The molecule has 0 spiro atoms. The number of ether oxygens (including phenoxy) is 3. The molecule has 72 heavy (non-hydrogen) atoms. The zero-order valence-corrected chi connectivity index (χ0v) is 48.5. The van der Waals surface area contributed by atoms with Gasteiger partial charge in [0, 0.05) is 19.3 Å². The summed E-state index contributed by atoms with van der Waals surface area (Å²) >= 11 is 0. The molecule has 0 aliphatic heterocycles. The third-order valence-electron chi connectivity index (χ3n) is 14.4. The molecule has 0 N–H and O–H groups in total. The Morgan fingerprint density at radius 1 is 0.278 bits per heavy atom. The molecule has 0 amide bonds. The summed E-state index contributed by atoms with van der Waals surface area (Å²) in [6.45, 7) is 6.66. The maximum absolute atomic E-state index is 12.9. The van der Waals surface area contributed by atoms with Crippen LogP contribution in [0.1, 0.15) is 348 Å². The lowest BCUT2D eigenvalue weighted by atomic mass is 10.0. The number of hydrogen-bond donors (Lipinski definition) is 0. The fourth-order valence-corrected chi connectivity index (χ4v) is 9.53. The average molecular weight is 1010 g/mol. The first-order valence-electron chi connectivity index (χ1n) is 32.0. The predicted octanol–water partition coefficient (Wildman–Crippen LogP) is 21.6. The molecular weight excluding hydrogens is 889 g/mol. The Labute approximate surface area is 448 Å². The van der Waals surface area contributed by atoms with Crippen LogP contribution in [0, 0.1) is 0 Å². The number of carbonyl (C=O) groups excluding carboxylic acids is 3. The van der Waals surface area contributed by atoms with Gasteiger partial charge >= 0.3 is 17.9 Å². The van der Waals surface area contributed by atoms with E-state index in [0.29, 0.717) is 19.3 Å². The van der Waals surface area contributed by atoms with E-state index in [1.807, 2.05) is 0 Å². The number of rotatable bonds is 59. The highest BCUT2D eigenvalue weighted by Crippen LogP contribution is 2.17. The summed E-state index contributed by atoms with van der Waals surface area (Å²) in [6, 6.07) is 0. The first kappa shape index (κ1) is 69.6. The van der Waals surface area contributed by atoms with Crippen LogP contribution in [0.2, 0.25) is 0 Å². The van der Waals surface area contributed by atoms with Gasteiger partial charge in [-0.25, -0.2) is 0 Å². The van der Waals surface area contributed by atoms with Crippen LogP contribution in [-0.2, 0) is 28.6 Å². The molecule has 422 valence electrons. The lowest BCUT2D eigenvalue weighted by molar-refractivity contribution is -0.167. The van der Waals surface area contributed by atoms with Gasteiger partial charge in [-0.15, -0.1) is 0 Å². The fraction of sp³-hybridized carbons (Fsp3) is 0.864. The molecule has 0 fully saturated rings. The highest BCUT2D eigenvalue weighted by molar-refractivity contribution is 5.71. The molecule has 0 aliphatic carbocycles. The van der Waals surface area contributed by atoms with Crippen LogP contribution in [0.5, 0.6) is 0 Å². The summed E-state index contributed by atoms with van der Waals surface area (Å²) in [7, 11) is 0. The first-order chi connectivity index (χ1) is 35.5. The zero-order valence-electron chi connectivity index (χ0n) is 48.5. The molecule has 0 aromatic rings. The molecule has 6 nitrogen and oxygen atoms in total. The van der Waals surface area contributed by atoms with Gasteiger partial charge < -0.3 is 14.2 Å². The second kappa shape index (κ2) is 61.2. The molecule has 0 saturated heterocycles. The van der Waals surface area contributed by atoms with Crippen molar-refractivity contribution in [2.24, 2.45) is 0 Å². The van der Waals surface area contributed by atoms with Gasteiger partial charge in [0.15, 0.2) is 6.10 Å². The smallest absolute Gasteiger partial charge is 0.306 e. The molecule has 0 bridgehead atoms. The number of hydrogen-bond acceptors (Lipinski definition) is 6. The van der Waals surface area contributed by atoms with Crippen molar-refractivity contribution in [1.82, 2.24) is 0 Å². The second-order valence-corrected chi connectivity index (χ2v) is 21.7. The Morgan fingerprint density at radius 3 is 0.778 bits per heavy atom. The molecule has 6 heteroatoms. The molecule has 0 aromatic carbocycles. The van der Waals surface area contributed by atoms with Crippen LogP contribution in [0.4, 0.5) is 0 Å². The Morgan fingerprint density at radius 2 is 0.500 bits per heavy atom. The van der Waals surface area contributed by atoms with E-state index in [1.54, 1.807) is 0 Å². The van der Waals surface area contributed by atoms with Crippen molar-refractivity contribution < 1.29 is 28.6 Å². The van der Waals surface area contributed by atoms with Crippen molar-refractivity contribution in [3.05, 3.63) is 36.5 Å². The van der Waals surface area contributed by atoms with Gasteiger partial charge in [-0.2, -0.15) is 0 Å². The predicted molar refractivity (Wildman–Crippen MR) is 312 cm³/mol. The van der Waals surface area contributed by atoms with Gasteiger partial charge in [-0.1, -0.05) is 288 Å². The van der Waals surface area contributed by atoms with Gasteiger partial charge in [0.25, 0.3) is 0 Å². The largest absolute Gasteiger partial charge is 0.462 e. The van der Waals surface area contributed by atoms with Crippen LogP contribution in [0.15, 0.2) is 36.5 Å². The summed E-state index contributed by atoms with van der Waals surface area (Å²) in [4.78, 5) is 38.2. The zero-order chi connectivity index (χ0) is 52.2. The van der Waals surface area contributed by atoms with E-state index >= 15 is 0 Å². The number of allylic oxidation sites excluding steroid dienone is 6. The summed E-state index contributed by atoms with van der Waals surface area (Å²) in [6.07, 6.45) is 74.5. The lowest BCUT2D eigenvalue weighted by Crippen LogP contribution is -2.30. The third kappa shape index (κ3) is 58.5. The lowest BCUT2D eigenvalue weighted by Gasteiger charge is -2.18. The third-order valence-corrected chi connectivity index (χ3v) is 14.4. The van der Waals surface area contributed by atoms with Gasteiger partial charge in [-0.05, 0) is 77.0 Å². The van der Waals surface area contributed by atoms with Gasteiger partial charge in [0.1, 0.15) is 13.2 Å². The van der Waals surface area contributed by atoms with Crippen molar-refractivity contribution >= 4 is 17.9 Å². The standard InChI is InChI=1S/C66H122O6/c1-4-7-10-13-16-19-22-24-26-28-29-30-31-32-33-34-35-36-37-39-40-42-44-47-50-53-56-59-65(68)71-62-63(61-70-64(67)58-55-52-49-46-21-18-15-12-9-6-3)72-66(69)60-57-54-51-48-45-43-41-38-27-25-23-20-17-14-11-8-5-2/h22,24-25,27-29,63H,4-21,23,26,30-62H2,1-3H3/b24-22-,27-25-,29-28-. The molecule has 1 atom stereocenters. The molecular formula is C66H122O6. The van der Waals surface area contributed by atoms with Crippen molar-refractivity contribution in [3.63, 3.8) is 0 Å². The monoisotopic (exact) mass is 1010 g/mol. The van der Waals surface area contributed by atoms with Crippen molar-refractivity contribution in [1.29, 1.82) is 0 Å². The Kier molecular flexibility index (Phi) is 59.2. The summed E-state index contributed by atoms with van der Waals surface area (Å²) in [5.74, 6) is -0.854. The summed E-state index contributed by atoms with van der Waals surface area (Å²) < 4.78 is 16.9. The Hall–Kier alpha value is -2.37. The van der Waals surface area contributed by atoms with E-state index in [1.165, 1.54) is 244 Å². The highest BCUT2D eigenvalue weighted by atomic mass is 16.6. The van der Waals surface area contributed by atoms with E-state index in [-0.39, 0.29) is 31.1 Å². The molecule has 1 unspecified atom stereocenters. The first-order valence-corrected chi connectivity index (χ1v) is 32.0. The van der Waals surface area contributed by atoms with Crippen LogP contribution < -0.4 is 0 Å². The Balaban J connectivity index is 4.16. The van der Waals surface area contributed by atoms with Gasteiger partial charge in [-0.3, -0.25) is 14.4 Å². The van der Waals surface area contributed by atoms with Crippen LogP contribution in [0.25, 0.3) is 0 Å². The molecule has 0 radical (unpaired) electrons.